The van der Waals surface area contributed by atoms with Gasteiger partial charge in [0.1, 0.15) is 0 Å². The smallest absolute Gasteiger partial charge is 0.0934 e. The van der Waals surface area contributed by atoms with E-state index in [1.54, 1.807) is 11.3 Å². The molecule has 0 aromatic carbocycles. The largest absolute Gasteiger partial charge is 0.282 e. The Balaban J connectivity index is 2.39. The number of H-pyrrole nitrogens is 1. The van der Waals surface area contributed by atoms with Crippen LogP contribution in [0.5, 0.6) is 0 Å². The molecule has 2 nitrogen and oxygen atoms in total. The van der Waals surface area contributed by atoms with Gasteiger partial charge in [-0.1, -0.05) is 27.7 Å². The minimum absolute atomic E-state index is 0.502. The van der Waals surface area contributed by atoms with E-state index in [0.717, 1.165) is 5.69 Å². The molecule has 0 bridgehead atoms. The molecule has 0 amide bonds. The zero-order valence-electron chi connectivity index (χ0n) is 10.2. The first-order valence-corrected chi connectivity index (χ1v) is 6.65. The normalized spacial score (nSPS) is 11.6. The van der Waals surface area contributed by atoms with Gasteiger partial charge in [-0.3, -0.25) is 5.10 Å². The maximum atomic E-state index is 4.40. The SMILES string of the molecule is CC(C)c1cc(-c2cscc2C(C)C)n[nH]1. The Morgan fingerprint density at radius 1 is 1.12 bits per heavy atom. The molecule has 16 heavy (non-hydrogen) atoms. The summed E-state index contributed by atoms with van der Waals surface area (Å²) in [4.78, 5) is 0. The highest BCUT2D eigenvalue weighted by molar-refractivity contribution is 7.08. The minimum atomic E-state index is 0.502. The van der Waals surface area contributed by atoms with Crippen LogP contribution in [-0.4, -0.2) is 10.2 Å². The van der Waals surface area contributed by atoms with E-state index in [2.05, 4.69) is 54.7 Å². The van der Waals surface area contributed by atoms with Crippen molar-refractivity contribution in [3.63, 3.8) is 0 Å². The summed E-state index contributed by atoms with van der Waals surface area (Å²) in [6.07, 6.45) is 0. The van der Waals surface area contributed by atoms with Crippen molar-refractivity contribution < 1.29 is 0 Å². The molecule has 86 valence electrons. The van der Waals surface area contributed by atoms with Crippen molar-refractivity contribution >= 4 is 11.3 Å². The maximum Gasteiger partial charge on any atom is 0.0934 e. The molecule has 0 aliphatic rings. The fraction of sp³-hybridized carbons (Fsp3) is 0.462. The first kappa shape index (κ1) is 11.4. The quantitative estimate of drug-likeness (QED) is 0.838. The Morgan fingerprint density at radius 3 is 2.44 bits per heavy atom. The van der Waals surface area contributed by atoms with Gasteiger partial charge < -0.3 is 0 Å². The molecular formula is C13H18N2S. The van der Waals surface area contributed by atoms with Gasteiger partial charge >= 0.3 is 0 Å². The Kier molecular flexibility index (Phi) is 3.15. The van der Waals surface area contributed by atoms with Crippen molar-refractivity contribution in [1.82, 2.24) is 10.2 Å². The van der Waals surface area contributed by atoms with Crippen molar-refractivity contribution in [3.8, 4) is 11.3 Å². The first-order valence-electron chi connectivity index (χ1n) is 5.71. The van der Waals surface area contributed by atoms with E-state index in [0.29, 0.717) is 11.8 Å². The third kappa shape index (κ3) is 2.05. The highest BCUT2D eigenvalue weighted by atomic mass is 32.1. The van der Waals surface area contributed by atoms with Gasteiger partial charge in [-0.25, -0.2) is 0 Å². The van der Waals surface area contributed by atoms with Crippen LogP contribution in [0.2, 0.25) is 0 Å². The molecule has 0 atom stereocenters. The van der Waals surface area contributed by atoms with Crippen molar-refractivity contribution in [2.24, 2.45) is 0 Å². The third-order valence-corrected chi connectivity index (χ3v) is 3.57. The summed E-state index contributed by atoms with van der Waals surface area (Å²) in [5.74, 6) is 1.06. The highest BCUT2D eigenvalue weighted by Gasteiger charge is 2.13. The summed E-state index contributed by atoms with van der Waals surface area (Å²) >= 11 is 1.75. The van der Waals surface area contributed by atoms with Crippen LogP contribution in [0.4, 0.5) is 0 Å². The lowest BCUT2D eigenvalue weighted by atomic mass is 10.00. The van der Waals surface area contributed by atoms with Crippen LogP contribution < -0.4 is 0 Å². The number of thiophene rings is 1. The average molecular weight is 234 g/mol. The van der Waals surface area contributed by atoms with Gasteiger partial charge in [0.05, 0.1) is 5.69 Å². The first-order chi connectivity index (χ1) is 7.59. The zero-order chi connectivity index (χ0) is 11.7. The van der Waals surface area contributed by atoms with Crippen molar-refractivity contribution in [1.29, 1.82) is 0 Å². The number of aromatic amines is 1. The third-order valence-electron chi connectivity index (χ3n) is 2.81. The molecule has 0 unspecified atom stereocenters. The fourth-order valence-electron chi connectivity index (χ4n) is 1.73. The number of nitrogens with one attached hydrogen (secondary N) is 1. The molecule has 0 fully saturated rings. The van der Waals surface area contributed by atoms with Crippen LogP contribution in [0.1, 0.15) is 50.8 Å². The van der Waals surface area contributed by atoms with Gasteiger partial charge in [-0.2, -0.15) is 16.4 Å². The van der Waals surface area contributed by atoms with Gasteiger partial charge in [0.25, 0.3) is 0 Å². The molecule has 1 N–H and O–H groups in total. The molecule has 0 aliphatic heterocycles. The van der Waals surface area contributed by atoms with Gasteiger partial charge in [0.2, 0.25) is 0 Å². The van der Waals surface area contributed by atoms with Crippen LogP contribution >= 0.6 is 11.3 Å². The van der Waals surface area contributed by atoms with Crippen molar-refractivity contribution in [3.05, 3.63) is 28.1 Å². The van der Waals surface area contributed by atoms with Gasteiger partial charge in [0, 0.05) is 16.6 Å². The van der Waals surface area contributed by atoms with E-state index in [4.69, 9.17) is 0 Å². The number of hydrogen-bond acceptors (Lipinski definition) is 2. The van der Waals surface area contributed by atoms with E-state index in [-0.39, 0.29) is 0 Å². The van der Waals surface area contributed by atoms with E-state index in [1.165, 1.54) is 16.8 Å². The molecule has 2 rings (SSSR count). The van der Waals surface area contributed by atoms with Gasteiger partial charge in [-0.15, -0.1) is 0 Å². The Morgan fingerprint density at radius 2 is 1.88 bits per heavy atom. The molecule has 2 heterocycles. The second kappa shape index (κ2) is 4.42. The lowest BCUT2D eigenvalue weighted by Gasteiger charge is -2.04. The average Bonchev–Trinajstić information content (AvgIpc) is 2.86. The highest BCUT2D eigenvalue weighted by Crippen LogP contribution is 2.32. The Hall–Kier alpha value is -1.09. The van der Waals surface area contributed by atoms with Crippen LogP contribution in [0.15, 0.2) is 16.8 Å². The monoisotopic (exact) mass is 234 g/mol. The standard InChI is InChI=1S/C13H18N2S/c1-8(2)10-6-16-7-11(10)13-5-12(9(3)4)14-15-13/h5-9H,1-4H3,(H,14,15). The van der Waals surface area contributed by atoms with Gasteiger partial charge in [0.15, 0.2) is 0 Å². The van der Waals surface area contributed by atoms with E-state index < -0.39 is 0 Å². The molecule has 0 saturated heterocycles. The lowest BCUT2D eigenvalue weighted by molar-refractivity contribution is 0.810. The van der Waals surface area contributed by atoms with Crippen molar-refractivity contribution in [2.75, 3.05) is 0 Å². The molecule has 0 aliphatic carbocycles. The molecule has 3 heteroatoms. The van der Waals surface area contributed by atoms with Gasteiger partial charge in [-0.05, 0) is 28.8 Å². The lowest BCUT2D eigenvalue weighted by Crippen LogP contribution is -1.87. The van der Waals surface area contributed by atoms with Crippen LogP contribution in [-0.2, 0) is 0 Å². The summed E-state index contributed by atoms with van der Waals surface area (Å²) in [5, 5.41) is 11.9. The number of hydrogen-bond donors (Lipinski definition) is 1. The number of rotatable bonds is 3. The van der Waals surface area contributed by atoms with Crippen LogP contribution in [0, 0.1) is 0 Å². The number of nitrogens with zero attached hydrogens (tertiary/aromatic N) is 1. The summed E-state index contributed by atoms with van der Waals surface area (Å²) in [7, 11) is 0. The predicted molar refractivity (Wildman–Crippen MR) is 70.1 cm³/mol. The molecule has 0 saturated carbocycles. The second-order valence-corrected chi connectivity index (χ2v) is 5.50. The molecular weight excluding hydrogens is 216 g/mol. The maximum absolute atomic E-state index is 4.40. The summed E-state index contributed by atoms with van der Waals surface area (Å²) in [6.45, 7) is 8.80. The molecule has 2 aromatic heterocycles. The predicted octanol–water partition coefficient (Wildman–Crippen LogP) is 4.39. The molecule has 0 spiro atoms. The van der Waals surface area contributed by atoms with E-state index in [9.17, 15) is 0 Å². The topological polar surface area (TPSA) is 28.7 Å². The number of aromatic nitrogens is 2. The minimum Gasteiger partial charge on any atom is -0.282 e. The Bertz CT molecular complexity index is 466. The van der Waals surface area contributed by atoms with E-state index >= 15 is 0 Å². The van der Waals surface area contributed by atoms with E-state index in [1.807, 2.05) is 0 Å². The van der Waals surface area contributed by atoms with Crippen LogP contribution in [0.3, 0.4) is 0 Å². The van der Waals surface area contributed by atoms with Crippen molar-refractivity contribution in [2.45, 2.75) is 39.5 Å². The fourth-order valence-corrected chi connectivity index (χ4v) is 2.74. The van der Waals surface area contributed by atoms with Crippen LogP contribution in [0.25, 0.3) is 11.3 Å². The summed E-state index contributed by atoms with van der Waals surface area (Å²) in [5.41, 5.74) is 4.96. The Labute approximate surface area is 101 Å². The zero-order valence-corrected chi connectivity index (χ0v) is 11.1. The molecule has 2 aromatic rings. The summed E-state index contributed by atoms with van der Waals surface area (Å²) in [6, 6.07) is 2.17. The second-order valence-electron chi connectivity index (χ2n) is 4.76. The summed E-state index contributed by atoms with van der Waals surface area (Å²) < 4.78 is 0. The molecule has 0 radical (unpaired) electrons.